The third-order valence-corrected chi connectivity index (χ3v) is 6.60. The lowest BCUT2D eigenvalue weighted by Crippen LogP contribution is -2.48. The smallest absolute Gasteiger partial charge is 0.267 e. The molecule has 2 aliphatic rings. The molecule has 0 saturated carbocycles. The minimum atomic E-state index is -0.0976. The van der Waals surface area contributed by atoms with Crippen molar-refractivity contribution in [3.8, 4) is 0 Å². The van der Waals surface area contributed by atoms with Gasteiger partial charge >= 0.3 is 0 Å². The van der Waals surface area contributed by atoms with Crippen molar-refractivity contribution in [3.63, 3.8) is 0 Å². The highest BCUT2D eigenvalue weighted by Gasteiger charge is 2.23. The number of carbonyl (C=O) groups is 1. The molecule has 2 aromatic heterocycles. The zero-order valence-corrected chi connectivity index (χ0v) is 18.2. The summed E-state index contributed by atoms with van der Waals surface area (Å²) in [7, 11) is 0. The molecule has 1 unspecified atom stereocenters. The first-order valence-corrected chi connectivity index (χ1v) is 11.5. The SMILES string of the molecule is O=C(NCC1CCCCN1CCn1nc2c(cc1=O)CCC2)c1ccc2nccnc2c1. The zero-order valence-electron chi connectivity index (χ0n) is 18.2. The normalized spacial score (nSPS) is 18.6. The molecule has 0 radical (unpaired) electrons. The number of aromatic nitrogens is 4. The fourth-order valence-electron chi connectivity index (χ4n) is 4.83. The molecule has 3 aromatic rings. The average molecular weight is 433 g/mol. The number of piperidine rings is 1. The van der Waals surface area contributed by atoms with Crippen LogP contribution in [0.4, 0.5) is 0 Å². The van der Waals surface area contributed by atoms with Crippen molar-refractivity contribution in [2.45, 2.75) is 51.1 Å². The molecule has 1 aromatic carbocycles. The highest BCUT2D eigenvalue weighted by atomic mass is 16.1. The Kier molecular flexibility index (Phi) is 5.94. The lowest BCUT2D eigenvalue weighted by molar-refractivity contribution is 0.0909. The summed E-state index contributed by atoms with van der Waals surface area (Å²) < 4.78 is 1.62. The van der Waals surface area contributed by atoms with Gasteiger partial charge in [0.25, 0.3) is 11.5 Å². The number of amides is 1. The van der Waals surface area contributed by atoms with Gasteiger partial charge in [-0.25, -0.2) is 4.68 Å². The van der Waals surface area contributed by atoms with Crippen LogP contribution in [0.2, 0.25) is 0 Å². The minimum absolute atomic E-state index is 0.00749. The van der Waals surface area contributed by atoms with Crippen LogP contribution in [0, 0.1) is 0 Å². The standard InChI is InChI=1S/C24H28N6O2/c31-23-15-17-4-3-6-20(17)28-30(23)13-12-29-11-2-1-5-19(29)16-27-24(32)18-7-8-21-22(14-18)26-10-9-25-21/h7-10,14-15,19H,1-6,11-13,16H2,(H,27,32). The van der Waals surface area contributed by atoms with Gasteiger partial charge in [-0.3, -0.25) is 24.5 Å². The molecule has 1 aliphatic carbocycles. The van der Waals surface area contributed by atoms with Crippen molar-refractivity contribution >= 4 is 16.9 Å². The maximum Gasteiger partial charge on any atom is 0.267 e. The van der Waals surface area contributed by atoms with Gasteiger partial charge in [0.05, 0.1) is 23.3 Å². The molecule has 0 bridgehead atoms. The van der Waals surface area contributed by atoms with Gasteiger partial charge < -0.3 is 5.32 Å². The van der Waals surface area contributed by atoms with Gasteiger partial charge in [-0.15, -0.1) is 0 Å². The second-order valence-corrected chi connectivity index (χ2v) is 8.69. The Labute approximate surface area is 186 Å². The summed E-state index contributed by atoms with van der Waals surface area (Å²) in [5.74, 6) is -0.0976. The third-order valence-electron chi connectivity index (χ3n) is 6.60. The Morgan fingerprint density at radius 3 is 2.81 bits per heavy atom. The molecule has 8 heteroatoms. The highest BCUT2D eigenvalue weighted by Crippen LogP contribution is 2.19. The Balaban J connectivity index is 1.21. The van der Waals surface area contributed by atoms with Crippen LogP contribution in [-0.2, 0) is 19.4 Å². The predicted octanol–water partition coefficient (Wildman–Crippen LogP) is 1.96. The number of nitrogens with one attached hydrogen (secondary N) is 1. The van der Waals surface area contributed by atoms with Crippen LogP contribution in [0.15, 0.2) is 41.5 Å². The molecular formula is C24H28N6O2. The van der Waals surface area contributed by atoms with Crippen LogP contribution in [0.25, 0.3) is 11.0 Å². The van der Waals surface area contributed by atoms with Crippen LogP contribution >= 0.6 is 0 Å². The topological polar surface area (TPSA) is 93.0 Å². The van der Waals surface area contributed by atoms with E-state index in [2.05, 4.69) is 25.3 Å². The Morgan fingerprint density at radius 2 is 1.91 bits per heavy atom. The molecule has 1 aliphatic heterocycles. The van der Waals surface area contributed by atoms with E-state index in [9.17, 15) is 9.59 Å². The summed E-state index contributed by atoms with van der Waals surface area (Å²) >= 11 is 0. The largest absolute Gasteiger partial charge is 0.350 e. The highest BCUT2D eigenvalue weighted by molar-refractivity contribution is 5.97. The monoisotopic (exact) mass is 432 g/mol. The Bertz CT molecular complexity index is 1190. The van der Waals surface area contributed by atoms with E-state index in [1.165, 1.54) is 0 Å². The van der Waals surface area contributed by atoms with Gasteiger partial charge in [-0.05, 0) is 62.4 Å². The number of hydrogen-bond donors (Lipinski definition) is 1. The summed E-state index contributed by atoms with van der Waals surface area (Å²) in [4.78, 5) is 36.1. The molecule has 1 atom stereocenters. The van der Waals surface area contributed by atoms with E-state index in [-0.39, 0.29) is 17.5 Å². The minimum Gasteiger partial charge on any atom is -0.350 e. The maximum atomic E-state index is 12.7. The van der Waals surface area contributed by atoms with Crippen molar-refractivity contribution < 1.29 is 4.79 Å². The summed E-state index contributed by atoms with van der Waals surface area (Å²) in [6.45, 7) is 2.91. The van der Waals surface area contributed by atoms with Crippen molar-refractivity contribution in [2.75, 3.05) is 19.6 Å². The van der Waals surface area contributed by atoms with Gasteiger partial charge in [0.1, 0.15) is 0 Å². The number of hydrogen-bond acceptors (Lipinski definition) is 6. The second kappa shape index (κ2) is 9.16. The summed E-state index contributed by atoms with van der Waals surface area (Å²) in [6.07, 6.45) is 9.63. The van der Waals surface area contributed by atoms with E-state index in [0.29, 0.717) is 24.2 Å². The number of aryl methyl sites for hydroxylation is 2. The third kappa shape index (κ3) is 4.41. The molecular weight excluding hydrogens is 404 g/mol. The maximum absolute atomic E-state index is 12.7. The number of nitrogens with zero attached hydrogens (tertiary/aromatic N) is 5. The molecule has 5 rings (SSSR count). The van der Waals surface area contributed by atoms with Crippen molar-refractivity contribution in [2.24, 2.45) is 0 Å². The van der Waals surface area contributed by atoms with Crippen LogP contribution in [0.3, 0.4) is 0 Å². The molecule has 1 N–H and O–H groups in total. The molecule has 1 fully saturated rings. The van der Waals surface area contributed by atoms with Crippen molar-refractivity contribution in [1.29, 1.82) is 0 Å². The van der Waals surface area contributed by atoms with E-state index in [4.69, 9.17) is 0 Å². The summed E-state index contributed by atoms with van der Waals surface area (Å²) in [6, 6.07) is 7.42. The van der Waals surface area contributed by atoms with Gasteiger partial charge in [0.15, 0.2) is 0 Å². The number of rotatable bonds is 6. The van der Waals surface area contributed by atoms with Crippen LogP contribution in [0.1, 0.15) is 47.3 Å². The first kappa shape index (κ1) is 20.8. The van der Waals surface area contributed by atoms with E-state index in [1.807, 2.05) is 6.07 Å². The molecule has 8 nitrogen and oxygen atoms in total. The van der Waals surface area contributed by atoms with Crippen LogP contribution < -0.4 is 10.9 Å². The molecule has 32 heavy (non-hydrogen) atoms. The second-order valence-electron chi connectivity index (χ2n) is 8.69. The summed E-state index contributed by atoms with van der Waals surface area (Å²) in [5.41, 5.74) is 4.27. The lowest BCUT2D eigenvalue weighted by atomic mass is 10.0. The van der Waals surface area contributed by atoms with Crippen molar-refractivity contribution in [1.82, 2.24) is 30.0 Å². The van der Waals surface area contributed by atoms with E-state index < -0.39 is 0 Å². The zero-order chi connectivity index (χ0) is 21.9. The number of benzene rings is 1. The van der Waals surface area contributed by atoms with E-state index in [0.717, 1.165) is 68.4 Å². The van der Waals surface area contributed by atoms with Gasteiger partial charge in [-0.1, -0.05) is 6.42 Å². The molecule has 0 spiro atoms. The van der Waals surface area contributed by atoms with Gasteiger partial charge in [0.2, 0.25) is 0 Å². The van der Waals surface area contributed by atoms with E-state index >= 15 is 0 Å². The quantitative estimate of drug-likeness (QED) is 0.640. The fourth-order valence-corrected chi connectivity index (χ4v) is 4.83. The van der Waals surface area contributed by atoms with Crippen LogP contribution in [0.5, 0.6) is 0 Å². The van der Waals surface area contributed by atoms with Gasteiger partial charge in [0, 0.05) is 43.2 Å². The number of fused-ring (bicyclic) bond motifs is 2. The molecule has 1 saturated heterocycles. The predicted molar refractivity (Wildman–Crippen MR) is 122 cm³/mol. The Morgan fingerprint density at radius 1 is 1.03 bits per heavy atom. The van der Waals surface area contributed by atoms with E-state index in [1.54, 1.807) is 35.3 Å². The van der Waals surface area contributed by atoms with Crippen molar-refractivity contribution in [3.05, 3.63) is 63.8 Å². The van der Waals surface area contributed by atoms with Crippen LogP contribution in [-0.4, -0.2) is 56.2 Å². The molecule has 1 amide bonds. The number of carbonyl (C=O) groups excluding carboxylic acids is 1. The summed E-state index contributed by atoms with van der Waals surface area (Å²) in [5, 5.41) is 7.69. The molecule has 166 valence electrons. The van der Waals surface area contributed by atoms with Gasteiger partial charge in [-0.2, -0.15) is 5.10 Å². The fraction of sp³-hybridized carbons (Fsp3) is 0.458. The first-order valence-electron chi connectivity index (χ1n) is 11.5. The lowest BCUT2D eigenvalue weighted by Gasteiger charge is -2.35. The molecule has 3 heterocycles. The first-order chi connectivity index (χ1) is 15.7. The average Bonchev–Trinajstić information content (AvgIpc) is 3.28. The Hall–Kier alpha value is -3.13. The number of likely N-dealkylation sites (tertiary alicyclic amines) is 1.